The molecule has 1 N–H and O–H groups in total. The van der Waals surface area contributed by atoms with Crippen molar-refractivity contribution in [1.82, 2.24) is 0 Å². The van der Waals surface area contributed by atoms with Gasteiger partial charge in [0, 0.05) is 23.8 Å². The van der Waals surface area contributed by atoms with E-state index >= 15 is 0 Å². The van der Waals surface area contributed by atoms with E-state index in [0.29, 0.717) is 0 Å². The number of anilines is 1. The van der Waals surface area contributed by atoms with Crippen LogP contribution in [0.1, 0.15) is 24.8 Å². The van der Waals surface area contributed by atoms with E-state index in [1.807, 2.05) is 0 Å². The SMILES string of the molecule is O=C(O)CCCC(=O)N=C1S[C@@H]2CS(=O)(=O)C[C@H]2N1c1ccc(Cl)c(C(F)(F)F)c1. The number of halogens is 4. The summed E-state index contributed by atoms with van der Waals surface area (Å²) in [6.07, 6.45) is -5.02. The molecule has 0 spiro atoms. The molecular formula is C17H16ClF3N2O5S2. The van der Waals surface area contributed by atoms with Crippen molar-refractivity contribution in [2.24, 2.45) is 4.99 Å². The third-order valence-corrected chi connectivity index (χ3v) is 8.14. The lowest BCUT2D eigenvalue weighted by atomic mass is 10.1. The number of nitrogens with zero attached hydrogens (tertiary/aromatic N) is 2. The zero-order valence-corrected chi connectivity index (χ0v) is 17.6. The van der Waals surface area contributed by atoms with Gasteiger partial charge in [-0.3, -0.25) is 9.59 Å². The fourth-order valence-corrected chi connectivity index (χ4v) is 7.46. The largest absolute Gasteiger partial charge is 0.481 e. The van der Waals surface area contributed by atoms with Gasteiger partial charge in [-0.2, -0.15) is 18.2 Å². The van der Waals surface area contributed by atoms with Gasteiger partial charge in [-0.15, -0.1) is 0 Å². The van der Waals surface area contributed by atoms with Gasteiger partial charge in [0.25, 0.3) is 0 Å². The minimum absolute atomic E-state index is 0.0286. The molecule has 1 aromatic rings. The van der Waals surface area contributed by atoms with E-state index in [2.05, 4.69) is 4.99 Å². The van der Waals surface area contributed by atoms with Crippen LogP contribution in [0.4, 0.5) is 18.9 Å². The molecular weight excluding hydrogens is 469 g/mol. The summed E-state index contributed by atoms with van der Waals surface area (Å²) in [7, 11) is -3.38. The molecule has 1 aromatic carbocycles. The molecule has 3 rings (SSSR count). The fraction of sp³-hybridized carbons (Fsp3) is 0.471. The number of benzene rings is 1. The van der Waals surface area contributed by atoms with Gasteiger partial charge in [-0.1, -0.05) is 23.4 Å². The third-order valence-electron chi connectivity index (χ3n) is 4.60. The van der Waals surface area contributed by atoms with Crippen LogP contribution < -0.4 is 4.90 Å². The second-order valence-corrected chi connectivity index (χ2v) is 10.6. The topological polar surface area (TPSA) is 104 Å². The number of thioether (sulfide) groups is 1. The second-order valence-electron chi connectivity index (χ2n) is 6.87. The first kappa shape index (κ1) is 22.9. The Morgan fingerprint density at radius 2 is 1.97 bits per heavy atom. The highest BCUT2D eigenvalue weighted by Gasteiger charge is 2.49. The number of hydrogen-bond donors (Lipinski definition) is 1. The molecule has 1 amide bonds. The van der Waals surface area contributed by atoms with Crippen molar-refractivity contribution in [3.8, 4) is 0 Å². The van der Waals surface area contributed by atoms with Gasteiger partial charge in [0.2, 0.25) is 5.91 Å². The molecule has 2 fully saturated rings. The van der Waals surface area contributed by atoms with Crippen molar-refractivity contribution < 1.29 is 36.3 Å². The monoisotopic (exact) mass is 484 g/mol. The van der Waals surface area contributed by atoms with Crippen LogP contribution in [0.5, 0.6) is 0 Å². The summed E-state index contributed by atoms with van der Waals surface area (Å²) in [5, 5.41) is 7.76. The number of rotatable bonds is 5. The molecule has 2 aliphatic heterocycles. The lowest BCUT2D eigenvalue weighted by molar-refractivity contribution is -0.138. The molecule has 2 saturated heterocycles. The maximum absolute atomic E-state index is 13.3. The van der Waals surface area contributed by atoms with Crippen molar-refractivity contribution >= 4 is 55.9 Å². The Morgan fingerprint density at radius 3 is 2.60 bits per heavy atom. The molecule has 0 saturated carbocycles. The van der Waals surface area contributed by atoms with Gasteiger partial charge in [0.1, 0.15) is 0 Å². The molecule has 30 heavy (non-hydrogen) atoms. The van der Waals surface area contributed by atoms with E-state index in [-0.39, 0.29) is 41.6 Å². The Bertz CT molecular complexity index is 1010. The number of aliphatic imine (C=N–C) groups is 1. The first-order chi connectivity index (χ1) is 13.9. The van der Waals surface area contributed by atoms with Crippen molar-refractivity contribution in [2.75, 3.05) is 16.4 Å². The molecule has 7 nitrogen and oxygen atoms in total. The Labute approximate surface area is 179 Å². The van der Waals surface area contributed by atoms with Crippen LogP contribution >= 0.6 is 23.4 Å². The summed E-state index contributed by atoms with van der Waals surface area (Å²) in [6.45, 7) is 0. The number of amides is 1. The van der Waals surface area contributed by atoms with Crippen molar-refractivity contribution in [1.29, 1.82) is 0 Å². The molecule has 0 radical (unpaired) electrons. The number of alkyl halides is 3. The highest BCUT2D eigenvalue weighted by molar-refractivity contribution is 8.16. The van der Waals surface area contributed by atoms with Gasteiger partial charge < -0.3 is 10.0 Å². The van der Waals surface area contributed by atoms with Crippen molar-refractivity contribution in [3.63, 3.8) is 0 Å². The summed E-state index contributed by atoms with van der Waals surface area (Å²) in [4.78, 5) is 28.0. The normalized spacial score (nSPS) is 24.3. The number of carboxylic acids is 1. The lowest BCUT2D eigenvalue weighted by Crippen LogP contribution is -2.37. The maximum Gasteiger partial charge on any atom is 0.417 e. The number of carboxylic acid groups (broad SMARTS) is 1. The average molecular weight is 485 g/mol. The molecule has 0 aliphatic carbocycles. The minimum atomic E-state index is -4.72. The second kappa shape index (κ2) is 8.39. The van der Waals surface area contributed by atoms with Crippen LogP contribution in [-0.2, 0) is 25.6 Å². The van der Waals surface area contributed by atoms with Crippen LogP contribution in [0.3, 0.4) is 0 Å². The van der Waals surface area contributed by atoms with Crippen LogP contribution in [0, 0.1) is 0 Å². The smallest absolute Gasteiger partial charge is 0.417 e. The predicted molar refractivity (Wildman–Crippen MR) is 107 cm³/mol. The summed E-state index contributed by atoms with van der Waals surface area (Å²) >= 11 is 6.69. The summed E-state index contributed by atoms with van der Waals surface area (Å²) < 4.78 is 63.9. The summed E-state index contributed by atoms with van der Waals surface area (Å²) in [5.41, 5.74) is -1.05. The van der Waals surface area contributed by atoms with Crippen molar-refractivity contribution in [2.45, 2.75) is 36.7 Å². The molecule has 2 atom stereocenters. The van der Waals surface area contributed by atoms with Crippen LogP contribution in [0.2, 0.25) is 5.02 Å². The molecule has 2 heterocycles. The number of amidine groups is 1. The Morgan fingerprint density at radius 1 is 1.27 bits per heavy atom. The fourth-order valence-electron chi connectivity index (χ4n) is 3.30. The highest BCUT2D eigenvalue weighted by atomic mass is 35.5. The van der Waals surface area contributed by atoms with Crippen molar-refractivity contribution in [3.05, 3.63) is 28.8 Å². The van der Waals surface area contributed by atoms with Gasteiger partial charge in [-0.25, -0.2) is 8.42 Å². The lowest BCUT2D eigenvalue weighted by Gasteiger charge is -2.25. The predicted octanol–water partition coefficient (Wildman–Crippen LogP) is 3.22. The van der Waals surface area contributed by atoms with E-state index in [1.165, 1.54) is 11.0 Å². The highest BCUT2D eigenvalue weighted by Crippen LogP contribution is 2.43. The Kier molecular flexibility index (Phi) is 6.40. The number of hydrogen-bond acceptors (Lipinski definition) is 5. The van der Waals surface area contributed by atoms with E-state index < -0.39 is 49.8 Å². The Hall–Kier alpha value is -1.79. The molecule has 164 valence electrons. The number of sulfone groups is 1. The quantitative estimate of drug-likeness (QED) is 0.684. The molecule has 0 unspecified atom stereocenters. The summed E-state index contributed by atoms with van der Waals surface area (Å²) in [6, 6.07) is 2.51. The molecule has 13 heteroatoms. The number of aliphatic carboxylic acids is 1. The van der Waals surface area contributed by atoms with Gasteiger partial charge in [0.15, 0.2) is 15.0 Å². The minimum Gasteiger partial charge on any atom is -0.481 e. The van der Waals surface area contributed by atoms with E-state index in [0.717, 1.165) is 23.9 Å². The van der Waals surface area contributed by atoms with Crippen LogP contribution in [0.25, 0.3) is 0 Å². The third kappa shape index (κ3) is 5.09. The number of fused-ring (bicyclic) bond motifs is 1. The van der Waals surface area contributed by atoms with E-state index in [9.17, 15) is 31.2 Å². The van der Waals surface area contributed by atoms with Gasteiger partial charge >= 0.3 is 12.1 Å². The van der Waals surface area contributed by atoms with Gasteiger partial charge in [-0.05, 0) is 24.6 Å². The number of carbonyl (C=O) groups excluding carboxylic acids is 1. The van der Waals surface area contributed by atoms with Crippen LogP contribution in [-0.4, -0.2) is 53.4 Å². The average Bonchev–Trinajstić information content (AvgIpc) is 3.05. The summed E-state index contributed by atoms with van der Waals surface area (Å²) in [5.74, 6) is -2.14. The molecule has 0 bridgehead atoms. The van der Waals surface area contributed by atoms with Crippen LogP contribution in [0.15, 0.2) is 23.2 Å². The zero-order valence-electron chi connectivity index (χ0n) is 15.2. The van der Waals surface area contributed by atoms with E-state index in [1.54, 1.807) is 0 Å². The Balaban J connectivity index is 1.95. The standard InChI is InChI=1S/C17H16ClF3N2O5S2/c18-11-5-4-9(6-10(11)17(19,20)21)23-12-7-30(27,28)8-13(12)29-16(23)22-14(24)2-1-3-15(25)26/h4-6,12-13H,1-3,7-8H2,(H,25,26)/t12-,13-/m1/s1. The van der Waals surface area contributed by atoms with E-state index in [4.69, 9.17) is 16.7 Å². The molecule has 2 aliphatic rings. The number of carbonyl (C=O) groups is 2. The van der Waals surface area contributed by atoms with Gasteiger partial charge in [0.05, 0.1) is 28.1 Å². The molecule has 0 aromatic heterocycles. The maximum atomic E-state index is 13.3. The first-order valence-electron chi connectivity index (χ1n) is 8.74. The first-order valence-corrected chi connectivity index (χ1v) is 11.8. The zero-order chi connectivity index (χ0) is 22.3.